The monoisotopic (exact) mass is 356 g/mol. The predicted molar refractivity (Wildman–Crippen MR) is 78.4 cm³/mol. The standard InChI is InChI=1S/C11H9BrN4O3S/c1-5-13-11(20-16-5)15-10(19)14-8-4-6(12)2-3-7(8)9(17)18/h2-4H,1H3,(H,17,18)(H2,13,14,15,16,19). The van der Waals surface area contributed by atoms with Crippen LogP contribution in [0, 0.1) is 6.92 Å². The number of carbonyl (C=O) groups excluding carboxylic acids is 1. The fourth-order valence-corrected chi connectivity index (χ4v) is 2.34. The number of nitrogens with one attached hydrogen (secondary N) is 2. The largest absolute Gasteiger partial charge is 0.478 e. The molecule has 2 aromatic rings. The van der Waals surface area contributed by atoms with Gasteiger partial charge >= 0.3 is 12.0 Å². The summed E-state index contributed by atoms with van der Waals surface area (Å²) in [6.07, 6.45) is 0. The Morgan fingerprint density at radius 1 is 1.35 bits per heavy atom. The van der Waals surface area contributed by atoms with Gasteiger partial charge in [-0.1, -0.05) is 15.9 Å². The summed E-state index contributed by atoms with van der Waals surface area (Å²) in [5.74, 6) is -0.571. The van der Waals surface area contributed by atoms with Crippen molar-refractivity contribution in [2.24, 2.45) is 0 Å². The molecule has 0 bridgehead atoms. The first kappa shape index (κ1) is 14.4. The molecule has 2 rings (SSSR count). The fraction of sp³-hybridized carbons (Fsp3) is 0.0909. The number of urea groups is 1. The number of aryl methyl sites for hydroxylation is 1. The minimum Gasteiger partial charge on any atom is -0.478 e. The highest BCUT2D eigenvalue weighted by atomic mass is 79.9. The molecular weight excluding hydrogens is 348 g/mol. The number of hydrogen-bond acceptors (Lipinski definition) is 5. The van der Waals surface area contributed by atoms with Crippen LogP contribution in [0.2, 0.25) is 0 Å². The average molecular weight is 357 g/mol. The number of halogens is 1. The van der Waals surface area contributed by atoms with Crippen molar-refractivity contribution in [2.45, 2.75) is 6.92 Å². The third-order valence-electron chi connectivity index (χ3n) is 2.21. The highest BCUT2D eigenvalue weighted by Gasteiger charge is 2.13. The maximum atomic E-state index is 11.8. The molecule has 0 aliphatic heterocycles. The van der Waals surface area contributed by atoms with Crippen molar-refractivity contribution in [3.8, 4) is 0 Å². The van der Waals surface area contributed by atoms with Gasteiger partial charge in [-0.25, -0.2) is 14.6 Å². The van der Waals surface area contributed by atoms with E-state index in [1.165, 1.54) is 12.1 Å². The summed E-state index contributed by atoms with van der Waals surface area (Å²) in [6, 6.07) is 3.91. The summed E-state index contributed by atoms with van der Waals surface area (Å²) in [7, 11) is 0. The molecular formula is C11H9BrN4O3S. The normalized spacial score (nSPS) is 10.1. The summed E-state index contributed by atoms with van der Waals surface area (Å²) in [5.41, 5.74) is 0.183. The minimum absolute atomic E-state index is 0.00297. The topological polar surface area (TPSA) is 104 Å². The zero-order valence-electron chi connectivity index (χ0n) is 10.2. The van der Waals surface area contributed by atoms with Crippen molar-refractivity contribution in [1.82, 2.24) is 9.36 Å². The lowest BCUT2D eigenvalue weighted by molar-refractivity contribution is 0.0698. The molecule has 0 aliphatic rings. The van der Waals surface area contributed by atoms with E-state index in [0.717, 1.165) is 11.5 Å². The van der Waals surface area contributed by atoms with E-state index in [1.54, 1.807) is 13.0 Å². The average Bonchev–Trinajstić information content (AvgIpc) is 2.74. The van der Waals surface area contributed by atoms with Crippen LogP contribution in [0.5, 0.6) is 0 Å². The second kappa shape index (κ2) is 5.97. The Balaban J connectivity index is 2.15. The third-order valence-corrected chi connectivity index (χ3v) is 3.42. The number of hydrogen-bond donors (Lipinski definition) is 3. The van der Waals surface area contributed by atoms with E-state index in [2.05, 4.69) is 35.9 Å². The van der Waals surface area contributed by atoms with E-state index in [-0.39, 0.29) is 11.3 Å². The summed E-state index contributed by atoms with van der Waals surface area (Å²) in [4.78, 5) is 26.8. The lowest BCUT2D eigenvalue weighted by Crippen LogP contribution is -2.21. The number of amides is 2. The molecule has 1 aromatic carbocycles. The molecule has 0 saturated heterocycles. The van der Waals surface area contributed by atoms with Gasteiger partial charge in [0.05, 0.1) is 11.3 Å². The highest BCUT2D eigenvalue weighted by Crippen LogP contribution is 2.22. The van der Waals surface area contributed by atoms with Crippen molar-refractivity contribution in [1.29, 1.82) is 0 Å². The number of carboxylic acids is 1. The van der Waals surface area contributed by atoms with Crippen LogP contribution in [0.1, 0.15) is 16.2 Å². The zero-order valence-corrected chi connectivity index (χ0v) is 12.6. The Kier molecular flexibility index (Phi) is 4.30. The summed E-state index contributed by atoms with van der Waals surface area (Å²) in [6.45, 7) is 1.70. The van der Waals surface area contributed by atoms with Gasteiger partial charge in [-0.2, -0.15) is 4.37 Å². The molecule has 7 nitrogen and oxygen atoms in total. The van der Waals surface area contributed by atoms with E-state index in [9.17, 15) is 9.59 Å². The maximum Gasteiger partial charge on any atom is 0.337 e. The number of anilines is 2. The van der Waals surface area contributed by atoms with Gasteiger partial charge in [0.2, 0.25) is 5.13 Å². The number of benzene rings is 1. The lowest BCUT2D eigenvalue weighted by atomic mass is 10.2. The van der Waals surface area contributed by atoms with Gasteiger partial charge < -0.3 is 10.4 Å². The highest BCUT2D eigenvalue weighted by molar-refractivity contribution is 9.10. The Hall–Kier alpha value is -2.00. The van der Waals surface area contributed by atoms with Crippen molar-refractivity contribution in [3.05, 3.63) is 34.1 Å². The van der Waals surface area contributed by atoms with Gasteiger partial charge in [0.15, 0.2) is 0 Å². The molecule has 3 N–H and O–H groups in total. The first-order valence-corrected chi connectivity index (χ1v) is 6.93. The van der Waals surface area contributed by atoms with E-state index in [1.807, 2.05) is 0 Å². The van der Waals surface area contributed by atoms with Crippen LogP contribution in [-0.4, -0.2) is 26.5 Å². The van der Waals surface area contributed by atoms with E-state index in [0.29, 0.717) is 15.4 Å². The molecule has 0 saturated carbocycles. The molecule has 0 atom stereocenters. The number of aromatic nitrogens is 2. The first-order valence-electron chi connectivity index (χ1n) is 5.37. The molecule has 0 unspecified atom stereocenters. The summed E-state index contributed by atoms with van der Waals surface area (Å²) >= 11 is 4.26. The second-order valence-corrected chi connectivity index (χ2v) is 5.39. The molecule has 9 heteroatoms. The first-order chi connectivity index (χ1) is 9.45. The SMILES string of the molecule is Cc1nsc(NC(=O)Nc2cc(Br)ccc2C(=O)O)n1. The summed E-state index contributed by atoms with van der Waals surface area (Å²) in [5, 5.41) is 14.3. The Bertz CT molecular complexity index is 673. The van der Waals surface area contributed by atoms with E-state index < -0.39 is 12.0 Å². The Morgan fingerprint density at radius 3 is 2.70 bits per heavy atom. The van der Waals surface area contributed by atoms with Gasteiger partial charge in [0.1, 0.15) is 5.82 Å². The lowest BCUT2D eigenvalue weighted by Gasteiger charge is -2.08. The molecule has 0 aliphatic carbocycles. The number of carbonyl (C=O) groups is 2. The number of nitrogens with zero attached hydrogens (tertiary/aromatic N) is 2. The number of rotatable bonds is 3. The Morgan fingerprint density at radius 2 is 2.10 bits per heavy atom. The van der Waals surface area contributed by atoms with Gasteiger partial charge in [-0.15, -0.1) is 0 Å². The zero-order chi connectivity index (χ0) is 14.7. The quantitative estimate of drug-likeness (QED) is 0.784. The van der Waals surface area contributed by atoms with Crippen molar-refractivity contribution in [2.75, 3.05) is 10.6 Å². The van der Waals surface area contributed by atoms with Crippen LogP contribution in [0.25, 0.3) is 0 Å². The van der Waals surface area contributed by atoms with Crippen LogP contribution in [0.4, 0.5) is 15.6 Å². The van der Waals surface area contributed by atoms with E-state index >= 15 is 0 Å². The van der Waals surface area contributed by atoms with Crippen LogP contribution in [0.3, 0.4) is 0 Å². The maximum absolute atomic E-state index is 11.8. The Labute approximate surface area is 126 Å². The van der Waals surface area contributed by atoms with Crippen LogP contribution < -0.4 is 10.6 Å². The molecule has 1 heterocycles. The van der Waals surface area contributed by atoms with Gasteiger partial charge in [-0.05, 0) is 25.1 Å². The molecule has 104 valence electrons. The van der Waals surface area contributed by atoms with Crippen LogP contribution in [0.15, 0.2) is 22.7 Å². The van der Waals surface area contributed by atoms with Crippen molar-refractivity contribution >= 4 is 50.3 Å². The minimum atomic E-state index is -1.13. The fourth-order valence-electron chi connectivity index (χ4n) is 1.40. The third kappa shape index (κ3) is 3.52. The number of carboxylic acid groups (broad SMARTS) is 1. The number of aromatic carboxylic acids is 1. The molecule has 20 heavy (non-hydrogen) atoms. The van der Waals surface area contributed by atoms with E-state index in [4.69, 9.17) is 5.11 Å². The molecule has 2 amide bonds. The predicted octanol–water partition coefficient (Wildman–Crippen LogP) is 2.95. The molecule has 0 radical (unpaired) electrons. The molecule has 1 aromatic heterocycles. The molecule has 0 fully saturated rings. The molecule has 0 spiro atoms. The van der Waals surface area contributed by atoms with Gasteiger partial charge in [-0.3, -0.25) is 5.32 Å². The van der Waals surface area contributed by atoms with Gasteiger partial charge in [0, 0.05) is 16.0 Å². The van der Waals surface area contributed by atoms with Crippen LogP contribution >= 0.6 is 27.5 Å². The second-order valence-electron chi connectivity index (χ2n) is 3.72. The smallest absolute Gasteiger partial charge is 0.337 e. The van der Waals surface area contributed by atoms with Crippen LogP contribution in [-0.2, 0) is 0 Å². The van der Waals surface area contributed by atoms with Gasteiger partial charge in [0.25, 0.3) is 0 Å². The van der Waals surface area contributed by atoms with Crippen molar-refractivity contribution in [3.63, 3.8) is 0 Å². The van der Waals surface area contributed by atoms with Crippen molar-refractivity contribution < 1.29 is 14.7 Å². The summed E-state index contributed by atoms with van der Waals surface area (Å²) < 4.78 is 4.58.